The molecule has 2 amide bonds. The number of aromatic nitrogens is 4. The molecule has 0 radical (unpaired) electrons. The van der Waals surface area contributed by atoms with Gasteiger partial charge in [0, 0.05) is 25.3 Å². The lowest BCUT2D eigenvalue weighted by Gasteiger charge is -2.09. The van der Waals surface area contributed by atoms with Gasteiger partial charge in [0.05, 0.1) is 18.0 Å². The first-order chi connectivity index (χ1) is 12.5. The normalized spacial score (nSPS) is 12.7. The first-order valence-electron chi connectivity index (χ1n) is 8.27. The summed E-state index contributed by atoms with van der Waals surface area (Å²) in [5.41, 5.74) is 1.83. The maximum absolute atomic E-state index is 12.2. The Morgan fingerprint density at radius 3 is 2.92 bits per heavy atom. The number of nitrogens with zero attached hydrogens (tertiary/aromatic N) is 3. The van der Waals surface area contributed by atoms with Crippen molar-refractivity contribution in [2.45, 2.75) is 26.2 Å². The Morgan fingerprint density at radius 1 is 1.35 bits per heavy atom. The zero-order chi connectivity index (χ0) is 18.7. The smallest absolute Gasteiger partial charge is 0.314 e. The third-order valence-corrected chi connectivity index (χ3v) is 4.00. The minimum Gasteiger partial charge on any atom is -0.383 e. The standard InChI is InChI=1S/C16H20N6O4/c1-9-8-12(19-15(25)14(24)17-6-7-26-2)22(21-9)16-18-11-5-3-4-10(11)13(23)20-16/h8H,3-7H2,1-2H3,(H,17,24)(H,19,25)(H,18,20,23). The first kappa shape index (κ1) is 17.8. The van der Waals surface area contributed by atoms with Crippen molar-refractivity contribution in [1.82, 2.24) is 25.1 Å². The van der Waals surface area contributed by atoms with Gasteiger partial charge in [0.2, 0.25) is 5.95 Å². The number of rotatable bonds is 5. The van der Waals surface area contributed by atoms with Gasteiger partial charge in [0.25, 0.3) is 5.56 Å². The van der Waals surface area contributed by atoms with Crippen LogP contribution in [0.15, 0.2) is 10.9 Å². The molecule has 0 bridgehead atoms. The fourth-order valence-electron chi connectivity index (χ4n) is 2.80. The number of aryl methyl sites for hydroxylation is 2. The molecule has 138 valence electrons. The second-order valence-corrected chi connectivity index (χ2v) is 5.95. The molecule has 3 N–H and O–H groups in total. The maximum atomic E-state index is 12.2. The van der Waals surface area contributed by atoms with Gasteiger partial charge in [-0.3, -0.25) is 19.4 Å². The molecular weight excluding hydrogens is 340 g/mol. The maximum Gasteiger partial charge on any atom is 0.314 e. The largest absolute Gasteiger partial charge is 0.383 e. The van der Waals surface area contributed by atoms with Crippen LogP contribution in [0, 0.1) is 6.92 Å². The van der Waals surface area contributed by atoms with E-state index >= 15 is 0 Å². The summed E-state index contributed by atoms with van der Waals surface area (Å²) in [7, 11) is 1.50. The number of hydrogen-bond acceptors (Lipinski definition) is 6. The molecule has 26 heavy (non-hydrogen) atoms. The molecule has 0 aromatic carbocycles. The average Bonchev–Trinajstić information content (AvgIpc) is 3.21. The van der Waals surface area contributed by atoms with Crippen molar-refractivity contribution in [3.8, 4) is 5.95 Å². The molecule has 0 spiro atoms. The van der Waals surface area contributed by atoms with E-state index in [0.29, 0.717) is 24.3 Å². The van der Waals surface area contributed by atoms with Gasteiger partial charge in [-0.1, -0.05) is 0 Å². The van der Waals surface area contributed by atoms with Crippen LogP contribution in [-0.4, -0.2) is 51.8 Å². The number of fused-ring (bicyclic) bond motifs is 1. The topological polar surface area (TPSA) is 131 Å². The predicted molar refractivity (Wildman–Crippen MR) is 92.3 cm³/mol. The predicted octanol–water partition coefficient (Wildman–Crippen LogP) is -0.546. The summed E-state index contributed by atoms with van der Waals surface area (Å²) in [4.78, 5) is 43.2. The average molecular weight is 360 g/mol. The number of nitrogens with one attached hydrogen (secondary N) is 3. The van der Waals surface area contributed by atoms with Crippen molar-refractivity contribution in [1.29, 1.82) is 0 Å². The van der Waals surface area contributed by atoms with Crippen molar-refractivity contribution < 1.29 is 14.3 Å². The molecule has 10 heteroatoms. The highest BCUT2D eigenvalue weighted by atomic mass is 16.5. The van der Waals surface area contributed by atoms with Crippen molar-refractivity contribution in [2.75, 3.05) is 25.6 Å². The quantitative estimate of drug-likeness (QED) is 0.484. The van der Waals surface area contributed by atoms with Gasteiger partial charge < -0.3 is 15.4 Å². The Morgan fingerprint density at radius 2 is 2.15 bits per heavy atom. The molecular formula is C16H20N6O4. The number of H-pyrrole nitrogens is 1. The molecule has 1 aliphatic rings. The van der Waals surface area contributed by atoms with E-state index in [2.05, 4.69) is 25.7 Å². The highest BCUT2D eigenvalue weighted by molar-refractivity contribution is 6.39. The van der Waals surface area contributed by atoms with Crippen LogP contribution in [0.5, 0.6) is 0 Å². The van der Waals surface area contributed by atoms with Crippen molar-refractivity contribution in [3.05, 3.63) is 33.4 Å². The van der Waals surface area contributed by atoms with Crippen molar-refractivity contribution >= 4 is 17.6 Å². The highest BCUT2D eigenvalue weighted by Gasteiger charge is 2.21. The monoisotopic (exact) mass is 360 g/mol. The lowest BCUT2D eigenvalue weighted by atomic mass is 10.3. The Labute approximate surface area is 149 Å². The number of anilines is 1. The Balaban J connectivity index is 1.83. The van der Waals surface area contributed by atoms with Gasteiger partial charge in [-0.25, -0.2) is 4.98 Å². The molecule has 0 fully saturated rings. The van der Waals surface area contributed by atoms with Crippen LogP contribution in [0.2, 0.25) is 0 Å². The minimum absolute atomic E-state index is 0.203. The fraction of sp³-hybridized carbons (Fsp3) is 0.438. The van der Waals surface area contributed by atoms with Crippen LogP contribution in [0.1, 0.15) is 23.4 Å². The van der Waals surface area contributed by atoms with E-state index in [0.717, 1.165) is 18.5 Å². The summed E-state index contributed by atoms with van der Waals surface area (Å²) in [6.07, 6.45) is 2.33. The fourth-order valence-corrected chi connectivity index (χ4v) is 2.80. The van der Waals surface area contributed by atoms with E-state index in [9.17, 15) is 14.4 Å². The molecule has 1 aliphatic carbocycles. The third-order valence-electron chi connectivity index (χ3n) is 4.00. The molecule has 2 aromatic heterocycles. The van der Waals surface area contributed by atoms with Crippen molar-refractivity contribution in [3.63, 3.8) is 0 Å². The van der Waals surface area contributed by atoms with Crippen LogP contribution in [0.25, 0.3) is 5.95 Å². The van der Waals surface area contributed by atoms with Gasteiger partial charge in [-0.15, -0.1) is 0 Å². The molecule has 0 saturated carbocycles. The van der Waals surface area contributed by atoms with Crippen molar-refractivity contribution in [2.24, 2.45) is 0 Å². The summed E-state index contributed by atoms with van der Waals surface area (Å²) in [5, 5.41) is 9.18. The number of aromatic amines is 1. The van der Waals surface area contributed by atoms with Gasteiger partial charge >= 0.3 is 11.8 Å². The molecule has 0 saturated heterocycles. The summed E-state index contributed by atoms with van der Waals surface area (Å²) in [6.45, 7) is 2.26. The number of methoxy groups -OCH3 is 1. The number of hydrogen-bond donors (Lipinski definition) is 3. The molecule has 0 aliphatic heterocycles. The zero-order valence-electron chi connectivity index (χ0n) is 14.6. The van der Waals surface area contributed by atoms with Crippen LogP contribution in [0.3, 0.4) is 0 Å². The molecule has 0 atom stereocenters. The van der Waals surface area contributed by atoms with E-state index in [1.165, 1.54) is 11.8 Å². The Kier molecular flexibility index (Phi) is 5.12. The van der Waals surface area contributed by atoms with Gasteiger partial charge in [-0.05, 0) is 26.2 Å². The van der Waals surface area contributed by atoms with E-state index in [1.807, 2.05) is 0 Å². The summed E-state index contributed by atoms with van der Waals surface area (Å²) in [5.74, 6) is -1.18. The number of carbonyl (C=O) groups excluding carboxylic acids is 2. The SMILES string of the molecule is COCCNC(=O)C(=O)Nc1cc(C)nn1-c1nc2c(c(=O)[nH]1)CCC2. The third kappa shape index (κ3) is 3.64. The van der Waals surface area contributed by atoms with Gasteiger partial charge in [0.15, 0.2) is 0 Å². The summed E-state index contributed by atoms with van der Waals surface area (Å²) >= 11 is 0. The second-order valence-electron chi connectivity index (χ2n) is 5.95. The van der Waals surface area contributed by atoms with Gasteiger partial charge in [-0.2, -0.15) is 9.78 Å². The number of ether oxygens (including phenoxy) is 1. The van der Waals surface area contributed by atoms with E-state index < -0.39 is 11.8 Å². The molecule has 2 aromatic rings. The lowest BCUT2D eigenvalue weighted by Crippen LogP contribution is -2.37. The number of amides is 2. The summed E-state index contributed by atoms with van der Waals surface area (Å²) in [6, 6.07) is 1.59. The van der Waals surface area contributed by atoms with E-state index in [-0.39, 0.29) is 23.9 Å². The highest BCUT2D eigenvalue weighted by Crippen LogP contribution is 2.19. The minimum atomic E-state index is -0.842. The van der Waals surface area contributed by atoms with Crippen LogP contribution < -0.4 is 16.2 Å². The first-order valence-corrected chi connectivity index (χ1v) is 8.27. The second kappa shape index (κ2) is 7.48. The Bertz CT molecular complexity index is 901. The zero-order valence-corrected chi connectivity index (χ0v) is 14.6. The molecule has 2 heterocycles. The van der Waals surface area contributed by atoms with Crippen LogP contribution in [0.4, 0.5) is 5.82 Å². The molecule has 0 unspecified atom stereocenters. The van der Waals surface area contributed by atoms with Gasteiger partial charge in [0.1, 0.15) is 5.82 Å². The summed E-state index contributed by atoms with van der Waals surface area (Å²) < 4.78 is 6.13. The lowest BCUT2D eigenvalue weighted by molar-refractivity contribution is -0.136. The Hall–Kier alpha value is -3.01. The van der Waals surface area contributed by atoms with E-state index in [4.69, 9.17) is 4.74 Å². The number of carbonyl (C=O) groups is 2. The molecule has 3 rings (SSSR count). The van der Waals surface area contributed by atoms with E-state index in [1.54, 1.807) is 13.0 Å². The van der Waals surface area contributed by atoms with Crippen LogP contribution >= 0.6 is 0 Å². The van der Waals surface area contributed by atoms with Crippen LogP contribution in [-0.2, 0) is 27.2 Å². The molecule has 10 nitrogen and oxygen atoms in total.